The van der Waals surface area contributed by atoms with Crippen LogP contribution in [0.3, 0.4) is 0 Å². The number of halogens is 3. The van der Waals surface area contributed by atoms with Gasteiger partial charge in [0.1, 0.15) is 0 Å². The molecule has 0 spiro atoms. The van der Waals surface area contributed by atoms with E-state index in [0.29, 0.717) is 19.3 Å². The van der Waals surface area contributed by atoms with E-state index in [-0.39, 0.29) is 18.0 Å². The molecule has 0 bridgehead atoms. The zero-order chi connectivity index (χ0) is 17.5. The Labute approximate surface area is 136 Å². The van der Waals surface area contributed by atoms with Crippen molar-refractivity contribution >= 4 is 11.7 Å². The number of rotatable bonds is 2. The summed E-state index contributed by atoms with van der Waals surface area (Å²) in [6.45, 7) is 3.58. The fraction of sp³-hybridized carbons (Fsp3) is 0.600. The van der Waals surface area contributed by atoms with Crippen LogP contribution in [0.1, 0.15) is 47.7 Å². The highest BCUT2D eigenvalue weighted by Gasteiger charge is 2.46. The van der Waals surface area contributed by atoms with Gasteiger partial charge >= 0.3 is 6.18 Å². The van der Waals surface area contributed by atoms with E-state index in [1.54, 1.807) is 19.9 Å². The number of carbonyl (C=O) groups excluding carboxylic acids is 1. The number of carbonyl (C=O) groups is 1. The minimum atomic E-state index is -4.32. The zero-order valence-corrected chi connectivity index (χ0v) is 13.4. The standard InChI is InChI=1S/C15H18F3N5O/c1-8-7-9(2)23-14(19-8)21-12(22-23)13(24)20-11-6-4-3-5-10(11)15(16,17)18/h7,10-11H,3-6H2,1-2H3,(H,20,24). The Kier molecular flexibility index (Phi) is 4.18. The van der Waals surface area contributed by atoms with Crippen molar-refractivity contribution < 1.29 is 18.0 Å². The van der Waals surface area contributed by atoms with Gasteiger partial charge in [-0.05, 0) is 32.8 Å². The Morgan fingerprint density at radius 2 is 1.96 bits per heavy atom. The monoisotopic (exact) mass is 341 g/mol. The average molecular weight is 341 g/mol. The third-order valence-electron chi connectivity index (χ3n) is 4.32. The molecule has 2 aromatic heterocycles. The third-order valence-corrected chi connectivity index (χ3v) is 4.32. The maximum absolute atomic E-state index is 13.1. The summed E-state index contributed by atoms with van der Waals surface area (Å²) in [6.07, 6.45) is -2.80. The number of hydrogen-bond donors (Lipinski definition) is 1. The van der Waals surface area contributed by atoms with Gasteiger partial charge in [0.15, 0.2) is 0 Å². The molecule has 0 aromatic carbocycles. The minimum absolute atomic E-state index is 0.0346. The number of nitrogens with one attached hydrogen (secondary N) is 1. The third kappa shape index (κ3) is 3.20. The molecule has 130 valence electrons. The van der Waals surface area contributed by atoms with Crippen LogP contribution in [-0.2, 0) is 0 Å². The second-order valence-electron chi connectivity index (χ2n) is 6.20. The number of amides is 1. The fourth-order valence-electron chi connectivity index (χ4n) is 3.19. The summed E-state index contributed by atoms with van der Waals surface area (Å²) in [5.41, 5.74) is 1.47. The van der Waals surface area contributed by atoms with Gasteiger partial charge in [-0.2, -0.15) is 18.2 Å². The predicted molar refractivity (Wildman–Crippen MR) is 79.5 cm³/mol. The van der Waals surface area contributed by atoms with Crippen LogP contribution in [-0.4, -0.2) is 37.7 Å². The van der Waals surface area contributed by atoms with Gasteiger partial charge in [-0.15, -0.1) is 5.10 Å². The van der Waals surface area contributed by atoms with Crippen LogP contribution in [0.5, 0.6) is 0 Å². The molecule has 0 saturated heterocycles. The summed E-state index contributed by atoms with van der Waals surface area (Å²) in [7, 11) is 0. The lowest BCUT2D eigenvalue weighted by atomic mass is 9.84. The van der Waals surface area contributed by atoms with Crippen molar-refractivity contribution in [3.05, 3.63) is 23.3 Å². The zero-order valence-electron chi connectivity index (χ0n) is 13.4. The van der Waals surface area contributed by atoms with Crippen LogP contribution in [0, 0.1) is 19.8 Å². The maximum atomic E-state index is 13.1. The molecule has 24 heavy (non-hydrogen) atoms. The first kappa shape index (κ1) is 16.7. The number of hydrogen-bond acceptors (Lipinski definition) is 4. The molecule has 1 N–H and O–H groups in total. The highest BCUT2D eigenvalue weighted by molar-refractivity contribution is 5.91. The van der Waals surface area contributed by atoms with Crippen molar-refractivity contribution in [2.24, 2.45) is 5.92 Å². The lowest BCUT2D eigenvalue weighted by molar-refractivity contribution is -0.187. The van der Waals surface area contributed by atoms with E-state index >= 15 is 0 Å². The van der Waals surface area contributed by atoms with Crippen molar-refractivity contribution in [1.82, 2.24) is 24.9 Å². The van der Waals surface area contributed by atoms with Gasteiger partial charge in [-0.25, -0.2) is 9.50 Å². The van der Waals surface area contributed by atoms with Crippen molar-refractivity contribution in [2.75, 3.05) is 0 Å². The lowest BCUT2D eigenvalue weighted by Crippen LogP contribution is -2.47. The Hall–Kier alpha value is -2.19. The van der Waals surface area contributed by atoms with E-state index in [2.05, 4.69) is 20.4 Å². The van der Waals surface area contributed by atoms with Gasteiger partial charge in [0.25, 0.3) is 11.7 Å². The summed E-state index contributed by atoms with van der Waals surface area (Å²) in [4.78, 5) is 20.5. The number of alkyl halides is 3. The molecule has 2 unspecified atom stereocenters. The normalized spacial score (nSPS) is 21.9. The number of fused-ring (bicyclic) bond motifs is 1. The molecule has 3 rings (SSSR count). The van der Waals surface area contributed by atoms with E-state index in [0.717, 1.165) is 11.4 Å². The van der Waals surface area contributed by atoms with Gasteiger partial charge < -0.3 is 5.32 Å². The second kappa shape index (κ2) is 6.03. The topological polar surface area (TPSA) is 72.2 Å². The van der Waals surface area contributed by atoms with E-state index in [1.807, 2.05) is 0 Å². The molecule has 2 heterocycles. The quantitative estimate of drug-likeness (QED) is 0.911. The maximum Gasteiger partial charge on any atom is 0.393 e. The first-order valence-corrected chi connectivity index (χ1v) is 7.84. The van der Waals surface area contributed by atoms with Gasteiger partial charge in [0.05, 0.1) is 5.92 Å². The molecule has 9 heteroatoms. The van der Waals surface area contributed by atoms with Crippen molar-refractivity contribution in [1.29, 1.82) is 0 Å². The minimum Gasteiger partial charge on any atom is -0.346 e. The van der Waals surface area contributed by atoms with E-state index < -0.39 is 24.0 Å². The summed E-state index contributed by atoms with van der Waals surface area (Å²) >= 11 is 0. The molecule has 2 atom stereocenters. The molecule has 0 radical (unpaired) electrons. The molecule has 1 fully saturated rings. The first-order chi connectivity index (χ1) is 11.3. The molecule has 0 aliphatic heterocycles. The molecular weight excluding hydrogens is 323 g/mol. The molecule has 1 amide bonds. The Bertz CT molecular complexity index is 770. The highest BCUT2D eigenvalue weighted by Crippen LogP contribution is 2.37. The second-order valence-corrected chi connectivity index (χ2v) is 6.20. The van der Waals surface area contributed by atoms with Crippen LogP contribution in [0.2, 0.25) is 0 Å². The highest BCUT2D eigenvalue weighted by atomic mass is 19.4. The molecule has 1 saturated carbocycles. The van der Waals surface area contributed by atoms with Crippen molar-refractivity contribution in [3.63, 3.8) is 0 Å². The lowest BCUT2D eigenvalue weighted by Gasteiger charge is -2.33. The number of aromatic nitrogens is 4. The Morgan fingerprint density at radius 1 is 1.25 bits per heavy atom. The SMILES string of the molecule is Cc1cc(C)n2nc(C(=O)NC3CCCCC3C(F)(F)F)nc2n1. The van der Waals surface area contributed by atoms with Crippen molar-refractivity contribution in [3.8, 4) is 0 Å². The van der Waals surface area contributed by atoms with E-state index in [9.17, 15) is 18.0 Å². The van der Waals surface area contributed by atoms with Crippen molar-refractivity contribution in [2.45, 2.75) is 51.7 Å². The van der Waals surface area contributed by atoms with Crippen LogP contribution in [0.4, 0.5) is 13.2 Å². The fourth-order valence-corrected chi connectivity index (χ4v) is 3.19. The Balaban J connectivity index is 1.82. The predicted octanol–water partition coefficient (Wildman–Crippen LogP) is 2.59. The van der Waals surface area contributed by atoms with E-state index in [4.69, 9.17) is 0 Å². The molecule has 6 nitrogen and oxygen atoms in total. The van der Waals surface area contributed by atoms with Gasteiger partial charge in [0, 0.05) is 17.4 Å². The van der Waals surface area contributed by atoms with Crippen LogP contribution < -0.4 is 5.32 Å². The molecule has 2 aromatic rings. The molecular formula is C15H18F3N5O. The number of aryl methyl sites for hydroxylation is 2. The summed E-state index contributed by atoms with van der Waals surface area (Å²) < 4.78 is 40.7. The molecule has 1 aliphatic carbocycles. The largest absolute Gasteiger partial charge is 0.393 e. The van der Waals surface area contributed by atoms with Crippen LogP contribution in [0.15, 0.2) is 6.07 Å². The van der Waals surface area contributed by atoms with Gasteiger partial charge in [-0.1, -0.05) is 12.8 Å². The van der Waals surface area contributed by atoms with Gasteiger partial charge in [0.2, 0.25) is 5.82 Å². The number of nitrogens with zero attached hydrogens (tertiary/aromatic N) is 4. The summed E-state index contributed by atoms with van der Waals surface area (Å²) in [5.74, 6) is -2.12. The van der Waals surface area contributed by atoms with E-state index in [1.165, 1.54) is 4.52 Å². The Morgan fingerprint density at radius 3 is 2.67 bits per heavy atom. The smallest absolute Gasteiger partial charge is 0.346 e. The summed E-state index contributed by atoms with van der Waals surface area (Å²) in [6, 6.07) is 0.845. The first-order valence-electron chi connectivity index (χ1n) is 7.84. The van der Waals surface area contributed by atoms with Crippen LogP contribution >= 0.6 is 0 Å². The van der Waals surface area contributed by atoms with Crippen LogP contribution in [0.25, 0.3) is 5.78 Å². The summed E-state index contributed by atoms with van der Waals surface area (Å²) in [5, 5.41) is 6.52. The average Bonchev–Trinajstić information content (AvgIpc) is 2.91. The van der Waals surface area contributed by atoms with Gasteiger partial charge in [-0.3, -0.25) is 4.79 Å². The molecule has 1 aliphatic rings.